The normalized spacial score (nSPS) is 11.4. The van der Waals surface area contributed by atoms with E-state index in [4.69, 9.17) is 16.6 Å². The molecule has 0 unspecified atom stereocenters. The summed E-state index contributed by atoms with van der Waals surface area (Å²) in [7, 11) is -4.76. The molecule has 0 amide bonds. The van der Waals surface area contributed by atoms with Crippen molar-refractivity contribution < 1.29 is 31.7 Å². The van der Waals surface area contributed by atoms with E-state index in [2.05, 4.69) is 10.6 Å². The number of benzene rings is 4. The predicted octanol–water partition coefficient (Wildman–Crippen LogP) is 5.16. The minimum atomic E-state index is -4.76. The molecule has 3 aromatic carbocycles. The summed E-state index contributed by atoms with van der Waals surface area (Å²) < 4.78 is 40.9. The summed E-state index contributed by atoms with van der Waals surface area (Å²) >= 11 is 5.40. The number of fused-ring (bicyclic) bond motifs is 2. The number of hydrogen-bond acceptors (Lipinski definition) is 7. The number of rotatable bonds is 7. The molecule has 0 saturated carbocycles. The maximum atomic E-state index is 13.1. The van der Waals surface area contributed by atoms with Crippen molar-refractivity contribution in [1.29, 1.82) is 0 Å². The van der Waals surface area contributed by atoms with Crippen LogP contribution in [-0.2, 0) is 16.6 Å². The van der Waals surface area contributed by atoms with Gasteiger partial charge in [-0.1, -0.05) is 12.1 Å². The van der Waals surface area contributed by atoms with Gasteiger partial charge in [0.05, 0.1) is 10.5 Å². The summed E-state index contributed by atoms with van der Waals surface area (Å²) in [5.41, 5.74) is 2.57. The standard InChI is InChI=1S/C29H21FN2O7S2/c30-41(37,38)20-6-1-16(2-7-20)11-12-31-29(40)32-17-3-8-21(28(35)36)24(13-17)27-22-9-4-18(33)14-25(22)39-26-15-19(34)5-10-23(26)27/h1-10,13-15,33H,11-12H2,(H,35,36)(H2,31,32,40). The Morgan fingerprint density at radius 2 is 1.71 bits per heavy atom. The zero-order valence-electron chi connectivity index (χ0n) is 21.0. The van der Waals surface area contributed by atoms with Gasteiger partial charge in [-0.3, -0.25) is 4.79 Å². The first kappa shape index (κ1) is 27.7. The van der Waals surface area contributed by atoms with Gasteiger partial charge >= 0.3 is 16.2 Å². The van der Waals surface area contributed by atoms with Crippen LogP contribution in [-0.4, -0.2) is 36.3 Å². The first-order chi connectivity index (χ1) is 19.5. The first-order valence-electron chi connectivity index (χ1n) is 12.2. The second kappa shape index (κ2) is 11.0. The second-order valence-electron chi connectivity index (χ2n) is 9.09. The number of phenolic OH excluding ortho intramolecular Hbond substituents is 1. The molecule has 1 aliphatic heterocycles. The van der Waals surface area contributed by atoms with Crippen LogP contribution >= 0.6 is 12.2 Å². The maximum Gasteiger partial charge on any atom is 0.336 e. The van der Waals surface area contributed by atoms with Crippen molar-refractivity contribution in [1.82, 2.24) is 5.32 Å². The average Bonchev–Trinajstić information content (AvgIpc) is 2.91. The van der Waals surface area contributed by atoms with E-state index in [-0.39, 0.29) is 33.2 Å². The van der Waals surface area contributed by atoms with Crippen molar-refractivity contribution in [2.45, 2.75) is 11.3 Å². The zero-order chi connectivity index (χ0) is 29.3. The molecule has 9 nitrogen and oxygen atoms in total. The third-order valence-corrected chi connectivity index (χ3v) is 7.44. The van der Waals surface area contributed by atoms with Gasteiger partial charge in [-0.15, -0.1) is 3.89 Å². The van der Waals surface area contributed by atoms with Gasteiger partial charge in [0, 0.05) is 40.9 Å². The van der Waals surface area contributed by atoms with Crippen LogP contribution in [0.3, 0.4) is 0 Å². The number of nitrogens with one attached hydrogen (secondary N) is 2. The number of aromatic hydroxyl groups is 1. The van der Waals surface area contributed by atoms with Crippen LogP contribution in [0.25, 0.3) is 33.4 Å². The first-order valence-corrected chi connectivity index (χ1v) is 13.9. The molecule has 4 N–H and O–H groups in total. The lowest BCUT2D eigenvalue weighted by atomic mass is 9.90. The van der Waals surface area contributed by atoms with E-state index in [1.54, 1.807) is 24.3 Å². The van der Waals surface area contributed by atoms with E-state index in [1.165, 1.54) is 54.6 Å². The van der Waals surface area contributed by atoms with Crippen LogP contribution in [0.5, 0.6) is 5.75 Å². The third kappa shape index (κ3) is 6.03. The Labute approximate surface area is 238 Å². The molecule has 1 heterocycles. The molecule has 0 radical (unpaired) electrons. The van der Waals surface area contributed by atoms with Gasteiger partial charge in [0.25, 0.3) is 0 Å². The molecular formula is C29H21FN2O7S2. The van der Waals surface area contributed by atoms with E-state index in [0.717, 1.165) is 5.56 Å². The number of aromatic carboxylic acids is 1. The number of carboxylic acid groups (broad SMARTS) is 1. The molecule has 1 aliphatic carbocycles. The van der Waals surface area contributed by atoms with Gasteiger partial charge in [0.2, 0.25) is 0 Å². The number of thiocarbonyl (C=S) groups is 1. The summed E-state index contributed by atoms with van der Waals surface area (Å²) in [4.78, 5) is 23.9. The highest BCUT2D eigenvalue weighted by Crippen LogP contribution is 2.42. The Morgan fingerprint density at radius 3 is 2.41 bits per heavy atom. The summed E-state index contributed by atoms with van der Waals surface area (Å²) in [5.74, 6) is -0.992. The van der Waals surface area contributed by atoms with Gasteiger partial charge in [0.15, 0.2) is 10.5 Å². The van der Waals surface area contributed by atoms with Crippen molar-refractivity contribution in [3.05, 3.63) is 100 Å². The molecule has 0 atom stereocenters. The molecular weight excluding hydrogens is 571 g/mol. The second-order valence-corrected chi connectivity index (χ2v) is 10.8. The molecule has 2 aliphatic rings. The molecule has 0 spiro atoms. The molecule has 208 valence electrons. The van der Waals surface area contributed by atoms with Crippen LogP contribution < -0.4 is 16.1 Å². The minimum Gasteiger partial charge on any atom is -0.508 e. The highest BCUT2D eigenvalue weighted by Gasteiger charge is 2.22. The minimum absolute atomic E-state index is 0.00115. The summed E-state index contributed by atoms with van der Waals surface area (Å²) in [5, 5.41) is 26.8. The molecule has 5 rings (SSSR count). The SMILES string of the molecule is O=C(O)c1ccc(NC(=S)NCCc2ccc(S(=O)(=O)F)cc2)cc1-c1c2ccc(=O)cc-2oc2cc(O)ccc12. The smallest absolute Gasteiger partial charge is 0.336 e. The summed E-state index contributed by atoms with van der Waals surface area (Å²) in [6, 6.07) is 18.7. The summed E-state index contributed by atoms with van der Waals surface area (Å²) in [6.07, 6.45) is 0.470. The molecule has 0 bridgehead atoms. The lowest BCUT2D eigenvalue weighted by Crippen LogP contribution is -2.30. The Hall–Kier alpha value is -4.81. The third-order valence-electron chi connectivity index (χ3n) is 6.36. The maximum absolute atomic E-state index is 13.1. The van der Waals surface area contributed by atoms with E-state index >= 15 is 0 Å². The number of carboxylic acids is 1. The van der Waals surface area contributed by atoms with Crippen molar-refractivity contribution in [2.75, 3.05) is 11.9 Å². The van der Waals surface area contributed by atoms with E-state index in [0.29, 0.717) is 40.7 Å². The molecule has 0 fully saturated rings. The van der Waals surface area contributed by atoms with Crippen LogP contribution in [0.15, 0.2) is 93.0 Å². The fourth-order valence-electron chi connectivity index (χ4n) is 4.48. The zero-order valence-corrected chi connectivity index (χ0v) is 22.7. The quantitative estimate of drug-likeness (QED) is 0.114. The van der Waals surface area contributed by atoms with Crippen molar-refractivity contribution >= 4 is 50.2 Å². The van der Waals surface area contributed by atoms with E-state index in [1.807, 2.05) is 0 Å². The number of carbonyl (C=O) groups is 1. The number of anilines is 1. The Bertz CT molecular complexity index is 1960. The van der Waals surface area contributed by atoms with Gasteiger partial charge < -0.3 is 25.3 Å². The molecule has 12 heteroatoms. The Morgan fingerprint density at radius 1 is 0.951 bits per heavy atom. The fraction of sp³-hybridized carbons (Fsp3) is 0.0690. The van der Waals surface area contributed by atoms with Gasteiger partial charge in [-0.25, -0.2) is 4.79 Å². The average molecular weight is 593 g/mol. The van der Waals surface area contributed by atoms with Gasteiger partial charge in [0.1, 0.15) is 17.1 Å². The van der Waals surface area contributed by atoms with Crippen molar-refractivity contribution in [3.8, 4) is 28.2 Å². The highest BCUT2D eigenvalue weighted by atomic mass is 32.3. The Kier molecular flexibility index (Phi) is 7.43. The van der Waals surface area contributed by atoms with E-state index in [9.17, 15) is 32.1 Å². The van der Waals surface area contributed by atoms with Crippen molar-refractivity contribution in [3.63, 3.8) is 0 Å². The van der Waals surface area contributed by atoms with Crippen molar-refractivity contribution in [2.24, 2.45) is 0 Å². The van der Waals surface area contributed by atoms with Crippen LogP contribution in [0, 0.1) is 0 Å². The predicted molar refractivity (Wildman–Crippen MR) is 156 cm³/mol. The van der Waals surface area contributed by atoms with E-state index < -0.39 is 21.1 Å². The number of phenols is 1. The number of hydrogen-bond donors (Lipinski definition) is 4. The van der Waals surface area contributed by atoms with Crippen LogP contribution in [0.2, 0.25) is 0 Å². The van der Waals surface area contributed by atoms with Crippen LogP contribution in [0.1, 0.15) is 15.9 Å². The molecule has 0 aromatic heterocycles. The van der Waals surface area contributed by atoms with Crippen LogP contribution in [0.4, 0.5) is 9.57 Å². The highest BCUT2D eigenvalue weighted by molar-refractivity contribution is 7.86. The van der Waals surface area contributed by atoms with Gasteiger partial charge in [-0.2, -0.15) is 8.42 Å². The largest absolute Gasteiger partial charge is 0.508 e. The molecule has 3 aromatic rings. The molecule has 41 heavy (non-hydrogen) atoms. The number of halogens is 1. The summed E-state index contributed by atoms with van der Waals surface area (Å²) in [6.45, 7) is 0.379. The lowest BCUT2D eigenvalue weighted by molar-refractivity contribution is 0.0697. The monoisotopic (exact) mass is 592 g/mol. The van der Waals surface area contributed by atoms with Gasteiger partial charge in [-0.05, 0) is 84.4 Å². The topological polar surface area (TPSA) is 146 Å². The lowest BCUT2D eigenvalue weighted by Gasteiger charge is -2.18. The molecule has 0 saturated heterocycles. The fourth-order valence-corrected chi connectivity index (χ4v) is 5.16. The Balaban J connectivity index is 1.44.